The number of thiazole rings is 1. The van der Waals surface area contributed by atoms with Gasteiger partial charge in [-0.2, -0.15) is 0 Å². The lowest BCUT2D eigenvalue weighted by atomic mass is 10.2. The third kappa shape index (κ3) is 3.72. The van der Waals surface area contributed by atoms with E-state index in [4.69, 9.17) is 4.74 Å². The lowest BCUT2D eigenvalue weighted by Gasteiger charge is -2.05. The van der Waals surface area contributed by atoms with E-state index in [1.165, 1.54) is 11.3 Å². The molecule has 0 atom stereocenters. The number of carbonyl (C=O) groups is 1. The summed E-state index contributed by atoms with van der Waals surface area (Å²) in [5.74, 6) is 0.696. The minimum atomic E-state index is -0.171. The highest BCUT2D eigenvalue weighted by Gasteiger charge is 2.09. The van der Waals surface area contributed by atoms with Gasteiger partial charge in [-0.25, -0.2) is 4.98 Å². The number of phenols is 1. The third-order valence-electron chi connectivity index (χ3n) is 3.45. The average molecular weight is 340 g/mol. The summed E-state index contributed by atoms with van der Waals surface area (Å²) in [7, 11) is 1.57. The second-order valence-electron chi connectivity index (χ2n) is 5.09. The fourth-order valence-corrected chi connectivity index (χ4v) is 2.92. The molecule has 3 rings (SSSR count). The summed E-state index contributed by atoms with van der Waals surface area (Å²) in [6.45, 7) is 0.360. The van der Waals surface area contributed by atoms with E-state index in [2.05, 4.69) is 10.3 Å². The number of carbonyl (C=O) groups excluding carboxylic acids is 1. The van der Waals surface area contributed by atoms with Crippen LogP contribution in [0, 0.1) is 0 Å². The Morgan fingerprint density at radius 1 is 1.25 bits per heavy atom. The van der Waals surface area contributed by atoms with Crippen LogP contribution in [0.4, 0.5) is 0 Å². The summed E-state index contributed by atoms with van der Waals surface area (Å²) in [6, 6.07) is 13.9. The molecule has 0 aliphatic heterocycles. The summed E-state index contributed by atoms with van der Waals surface area (Å²) in [5.41, 5.74) is 2.30. The molecule has 0 unspecified atom stereocenters. The Hall–Kier alpha value is -2.86. The Labute approximate surface area is 143 Å². The number of nitrogens with zero attached hydrogens (tertiary/aromatic N) is 1. The van der Waals surface area contributed by atoms with Gasteiger partial charge in [-0.05, 0) is 42.5 Å². The summed E-state index contributed by atoms with van der Waals surface area (Å²) in [6.07, 6.45) is 0. The van der Waals surface area contributed by atoms with E-state index in [-0.39, 0.29) is 11.7 Å². The minimum Gasteiger partial charge on any atom is -0.508 e. The topological polar surface area (TPSA) is 71.5 Å². The zero-order valence-corrected chi connectivity index (χ0v) is 13.8. The number of benzene rings is 2. The number of aromatic hydroxyl groups is 1. The number of aromatic nitrogens is 1. The lowest BCUT2D eigenvalue weighted by molar-refractivity contribution is 0.0950. The van der Waals surface area contributed by atoms with Crippen molar-refractivity contribution in [1.29, 1.82) is 0 Å². The first-order chi connectivity index (χ1) is 11.7. The van der Waals surface area contributed by atoms with Gasteiger partial charge in [0.05, 0.1) is 19.3 Å². The number of phenolic OH excluding ortho intramolecular Hbond substituents is 1. The molecule has 0 spiro atoms. The van der Waals surface area contributed by atoms with Crippen molar-refractivity contribution in [3.05, 3.63) is 64.5 Å². The van der Waals surface area contributed by atoms with Crippen LogP contribution in [0.3, 0.4) is 0 Å². The minimum absolute atomic E-state index is 0.171. The van der Waals surface area contributed by atoms with E-state index in [1.54, 1.807) is 43.5 Å². The number of rotatable bonds is 5. The number of amides is 1. The Morgan fingerprint density at radius 2 is 2.04 bits per heavy atom. The van der Waals surface area contributed by atoms with Crippen LogP contribution in [-0.4, -0.2) is 23.1 Å². The van der Waals surface area contributed by atoms with E-state index in [0.29, 0.717) is 17.9 Å². The molecule has 0 radical (unpaired) electrons. The van der Waals surface area contributed by atoms with Crippen molar-refractivity contribution in [1.82, 2.24) is 10.3 Å². The van der Waals surface area contributed by atoms with Gasteiger partial charge in [0.25, 0.3) is 5.91 Å². The highest BCUT2D eigenvalue weighted by atomic mass is 32.1. The standard InChI is InChI=1S/C18H16N2O3S/c1-23-15-4-2-3-13(9-15)18(22)19-10-17-20-16(11-24-17)12-5-7-14(21)8-6-12/h2-9,11,21H,10H2,1H3,(H,19,22). The number of nitrogens with one attached hydrogen (secondary N) is 1. The maximum atomic E-state index is 12.2. The van der Waals surface area contributed by atoms with Gasteiger partial charge in [0.1, 0.15) is 16.5 Å². The lowest BCUT2D eigenvalue weighted by Crippen LogP contribution is -2.22. The first-order valence-electron chi connectivity index (χ1n) is 7.32. The van der Waals surface area contributed by atoms with Crippen molar-refractivity contribution in [3.63, 3.8) is 0 Å². The van der Waals surface area contributed by atoms with E-state index in [0.717, 1.165) is 16.3 Å². The number of hydrogen-bond acceptors (Lipinski definition) is 5. The maximum Gasteiger partial charge on any atom is 0.251 e. The van der Waals surface area contributed by atoms with Crippen LogP contribution in [0.5, 0.6) is 11.5 Å². The third-order valence-corrected chi connectivity index (χ3v) is 4.30. The summed E-state index contributed by atoms with van der Waals surface area (Å²) >= 11 is 1.48. The molecular weight excluding hydrogens is 324 g/mol. The fraction of sp³-hybridized carbons (Fsp3) is 0.111. The van der Waals surface area contributed by atoms with Crippen molar-refractivity contribution in [2.45, 2.75) is 6.54 Å². The molecule has 6 heteroatoms. The number of methoxy groups -OCH3 is 1. The van der Waals surface area contributed by atoms with Crippen molar-refractivity contribution in [3.8, 4) is 22.8 Å². The quantitative estimate of drug-likeness (QED) is 0.746. The van der Waals surface area contributed by atoms with Crippen molar-refractivity contribution >= 4 is 17.2 Å². The first-order valence-corrected chi connectivity index (χ1v) is 8.20. The number of hydrogen-bond donors (Lipinski definition) is 2. The zero-order valence-electron chi connectivity index (χ0n) is 13.0. The molecule has 0 aliphatic carbocycles. The molecule has 0 saturated carbocycles. The van der Waals surface area contributed by atoms with Crippen LogP contribution in [-0.2, 0) is 6.54 Å². The molecular formula is C18H16N2O3S. The highest BCUT2D eigenvalue weighted by Crippen LogP contribution is 2.23. The van der Waals surface area contributed by atoms with Crippen LogP contribution in [0.15, 0.2) is 53.9 Å². The summed E-state index contributed by atoms with van der Waals surface area (Å²) < 4.78 is 5.12. The van der Waals surface area contributed by atoms with Crippen LogP contribution < -0.4 is 10.1 Å². The monoisotopic (exact) mass is 340 g/mol. The normalized spacial score (nSPS) is 10.4. The van der Waals surface area contributed by atoms with E-state index >= 15 is 0 Å². The molecule has 3 aromatic rings. The molecule has 122 valence electrons. The molecule has 2 N–H and O–H groups in total. The molecule has 0 aliphatic rings. The molecule has 24 heavy (non-hydrogen) atoms. The first kappa shape index (κ1) is 16.0. The van der Waals surface area contributed by atoms with Crippen LogP contribution in [0.2, 0.25) is 0 Å². The van der Waals surface area contributed by atoms with Crippen molar-refractivity contribution in [2.75, 3.05) is 7.11 Å². The summed E-state index contributed by atoms with van der Waals surface area (Å²) in [4.78, 5) is 16.7. The van der Waals surface area contributed by atoms with Gasteiger partial charge >= 0.3 is 0 Å². The van der Waals surface area contributed by atoms with E-state index in [9.17, 15) is 9.90 Å². The fourth-order valence-electron chi connectivity index (χ4n) is 2.18. The van der Waals surface area contributed by atoms with Crippen LogP contribution in [0.1, 0.15) is 15.4 Å². The Morgan fingerprint density at radius 3 is 2.79 bits per heavy atom. The second-order valence-corrected chi connectivity index (χ2v) is 6.03. The van der Waals surface area contributed by atoms with Gasteiger partial charge in [0.2, 0.25) is 0 Å². The van der Waals surface area contributed by atoms with E-state index in [1.807, 2.05) is 17.5 Å². The highest BCUT2D eigenvalue weighted by molar-refractivity contribution is 7.09. The molecule has 5 nitrogen and oxygen atoms in total. The smallest absolute Gasteiger partial charge is 0.251 e. The zero-order chi connectivity index (χ0) is 16.9. The SMILES string of the molecule is COc1cccc(C(=O)NCc2nc(-c3ccc(O)cc3)cs2)c1. The predicted octanol–water partition coefficient (Wildman–Crippen LogP) is 3.45. The van der Waals surface area contributed by atoms with E-state index < -0.39 is 0 Å². The van der Waals surface area contributed by atoms with Gasteiger partial charge in [0, 0.05) is 16.5 Å². The molecule has 0 bridgehead atoms. The molecule has 1 aromatic heterocycles. The Kier molecular flexibility index (Phi) is 4.77. The van der Waals surface area contributed by atoms with Gasteiger partial charge in [-0.3, -0.25) is 4.79 Å². The molecule has 1 heterocycles. The molecule has 2 aromatic carbocycles. The van der Waals surface area contributed by atoms with Crippen molar-refractivity contribution in [2.24, 2.45) is 0 Å². The van der Waals surface area contributed by atoms with Crippen LogP contribution in [0.25, 0.3) is 11.3 Å². The van der Waals surface area contributed by atoms with Gasteiger partial charge < -0.3 is 15.2 Å². The largest absolute Gasteiger partial charge is 0.508 e. The summed E-state index contributed by atoms with van der Waals surface area (Å²) in [5, 5.41) is 14.9. The van der Waals surface area contributed by atoms with Gasteiger partial charge in [-0.15, -0.1) is 11.3 Å². The Balaban J connectivity index is 1.64. The van der Waals surface area contributed by atoms with Gasteiger partial charge in [-0.1, -0.05) is 6.07 Å². The predicted molar refractivity (Wildman–Crippen MR) is 93.4 cm³/mol. The average Bonchev–Trinajstić information content (AvgIpc) is 3.09. The maximum absolute atomic E-state index is 12.2. The second kappa shape index (κ2) is 7.14. The number of ether oxygens (including phenoxy) is 1. The Bertz CT molecular complexity index is 843. The van der Waals surface area contributed by atoms with Crippen LogP contribution >= 0.6 is 11.3 Å². The van der Waals surface area contributed by atoms with Gasteiger partial charge in [0.15, 0.2) is 0 Å². The molecule has 0 saturated heterocycles. The van der Waals surface area contributed by atoms with Crippen molar-refractivity contribution < 1.29 is 14.6 Å². The molecule has 0 fully saturated rings. The molecule has 1 amide bonds.